The van der Waals surface area contributed by atoms with Crippen molar-refractivity contribution in [3.05, 3.63) is 35.0 Å². The third-order valence-corrected chi connectivity index (χ3v) is 5.60. The molecule has 1 unspecified atom stereocenters. The Morgan fingerprint density at radius 3 is 2.56 bits per heavy atom. The highest BCUT2D eigenvalue weighted by Gasteiger charge is 2.24. The van der Waals surface area contributed by atoms with Gasteiger partial charge >= 0.3 is 0 Å². The fourth-order valence-electron chi connectivity index (χ4n) is 3.51. The Bertz CT molecular complexity index is 834. The number of H-pyrrole nitrogens is 1. The van der Waals surface area contributed by atoms with E-state index < -0.39 is 0 Å². The summed E-state index contributed by atoms with van der Waals surface area (Å²) in [5.41, 5.74) is 4.13. The second-order valence-corrected chi connectivity index (χ2v) is 7.58. The molecule has 1 aromatic carbocycles. The van der Waals surface area contributed by atoms with Crippen molar-refractivity contribution >= 4 is 22.7 Å². The predicted molar refractivity (Wildman–Crippen MR) is 108 cm³/mol. The Kier molecular flexibility index (Phi) is 5.85. The fourth-order valence-corrected chi connectivity index (χ4v) is 3.51. The van der Waals surface area contributed by atoms with E-state index in [9.17, 15) is 9.59 Å². The van der Waals surface area contributed by atoms with Gasteiger partial charge in [-0.3, -0.25) is 14.5 Å². The molecule has 2 aromatic rings. The number of carbonyl (C=O) groups is 2. The summed E-state index contributed by atoms with van der Waals surface area (Å²) in [6.45, 7) is 11.4. The van der Waals surface area contributed by atoms with Crippen molar-refractivity contribution in [1.29, 1.82) is 0 Å². The molecule has 3 rings (SSSR count). The van der Waals surface area contributed by atoms with Gasteiger partial charge in [-0.15, -0.1) is 0 Å². The monoisotopic (exact) mass is 370 g/mol. The lowest BCUT2D eigenvalue weighted by atomic mass is 10.1. The molecule has 1 aliphatic heterocycles. The van der Waals surface area contributed by atoms with Crippen molar-refractivity contribution in [2.75, 3.05) is 32.7 Å². The molecule has 1 aromatic heterocycles. The van der Waals surface area contributed by atoms with Crippen LogP contribution in [-0.2, 0) is 4.79 Å². The number of hydrogen-bond acceptors (Lipinski definition) is 3. The Hall–Kier alpha value is -2.34. The number of nitrogens with one attached hydrogen (secondary N) is 2. The summed E-state index contributed by atoms with van der Waals surface area (Å²) in [5.74, 6) is 0.131. The predicted octanol–water partition coefficient (Wildman–Crippen LogP) is 2.46. The van der Waals surface area contributed by atoms with Crippen LogP contribution in [0.2, 0.25) is 0 Å². The molecule has 1 aliphatic rings. The van der Waals surface area contributed by atoms with E-state index in [0.717, 1.165) is 41.7 Å². The Morgan fingerprint density at radius 1 is 1.19 bits per heavy atom. The van der Waals surface area contributed by atoms with Crippen molar-refractivity contribution < 1.29 is 9.59 Å². The van der Waals surface area contributed by atoms with Crippen molar-refractivity contribution in [3.63, 3.8) is 0 Å². The maximum absolute atomic E-state index is 12.9. The van der Waals surface area contributed by atoms with Crippen LogP contribution in [0.5, 0.6) is 0 Å². The van der Waals surface area contributed by atoms with Gasteiger partial charge in [-0.2, -0.15) is 0 Å². The van der Waals surface area contributed by atoms with Gasteiger partial charge in [0, 0.05) is 54.4 Å². The molecule has 2 N–H and O–H groups in total. The molecule has 27 heavy (non-hydrogen) atoms. The highest BCUT2D eigenvalue weighted by atomic mass is 16.2. The normalized spacial score (nSPS) is 16.5. The number of aromatic amines is 1. The SMILES string of the molecule is CCC(C)NC(=O)CN1CCN(C(=O)c2ccc3[nH]c(C)c(C)c3c2)CC1. The van der Waals surface area contributed by atoms with Crippen LogP contribution >= 0.6 is 0 Å². The van der Waals surface area contributed by atoms with E-state index in [0.29, 0.717) is 19.6 Å². The molecule has 0 aliphatic carbocycles. The zero-order chi connectivity index (χ0) is 19.6. The first-order chi connectivity index (χ1) is 12.9. The standard InChI is InChI=1S/C21H30N4O2/c1-5-14(2)22-20(26)13-24-8-10-25(11-9-24)21(27)17-6-7-19-18(12-17)15(3)16(4)23-19/h6-7,12,14,23H,5,8-11,13H2,1-4H3,(H,22,26). The minimum atomic E-state index is 0.0629. The summed E-state index contributed by atoms with van der Waals surface area (Å²) >= 11 is 0. The summed E-state index contributed by atoms with van der Waals surface area (Å²) in [6, 6.07) is 6.07. The fraction of sp³-hybridized carbons (Fsp3) is 0.524. The van der Waals surface area contributed by atoms with Crippen LogP contribution in [-0.4, -0.2) is 65.4 Å². The molecule has 2 amide bonds. The number of carbonyl (C=O) groups excluding carboxylic acids is 2. The van der Waals surface area contributed by atoms with Crippen molar-refractivity contribution in [3.8, 4) is 0 Å². The van der Waals surface area contributed by atoms with Gasteiger partial charge in [0.25, 0.3) is 5.91 Å². The number of aryl methyl sites for hydroxylation is 2. The average molecular weight is 370 g/mol. The number of benzene rings is 1. The summed E-state index contributed by atoms with van der Waals surface area (Å²) in [5, 5.41) is 4.11. The lowest BCUT2D eigenvalue weighted by Crippen LogP contribution is -2.51. The molecule has 0 bridgehead atoms. The lowest BCUT2D eigenvalue weighted by molar-refractivity contribution is -0.123. The van der Waals surface area contributed by atoms with E-state index in [1.807, 2.05) is 36.9 Å². The summed E-state index contributed by atoms with van der Waals surface area (Å²) in [7, 11) is 0. The van der Waals surface area contributed by atoms with E-state index in [1.165, 1.54) is 5.56 Å². The molecule has 6 nitrogen and oxygen atoms in total. The van der Waals surface area contributed by atoms with Crippen LogP contribution in [0.4, 0.5) is 0 Å². The van der Waals surface area contributed by atoms with Gasteiger partial charge in [0.1, 0.15) is 0 Å². The van der Waals surface area contributed by atoms with Crippen LogP contribution in [0, 0.1) is 13.8 Å². The second kappa shape index (κ2) is 8.13. The molecule has 0 saturated carbocycles. The van der Waals surface area contributed by atoms with Crippen LogP contribution < -0.4 is 5.32 Å². The number of fused-ring (bicyclic) bond motifs is 1. The molecule has 1 atom stereocenters. The molecular weight excluding hydrogens is 340 g/mol. The van der Waals surface area contributed by atoms with E-state index in [4.69, 9.17) is 0 Å². The summed E-state index contributed by atoms with van der Waals surface area (Å²) in [6.07, 6.45) is 0.929. The topological polar surface area (TPSA) is 68.4 Å². The first-order valence-electron chi connectivity index (χ1n) is 9.79. The van der Waals surface area contributed by atoms with Crippen LogP contribution in [0.3, 0.4) is 0 Å². The van der Waals surface area contributed by atoms with Crippen molar-refractivity contribution in [2.24, 2.45) is 0 Å². The first kappa shape index (κ1) is 19.4. The highest BCUT2D eigenvalue weighted by molar-refractivity contribution is 5.99. The van der Waals surface area contributed by atoms with E-state index in [-0.39, 0.29) is 17.9 Å². The van der Waals surface area contributed by atoms with Gasteiger partial charge in [0.2, 0.25) is 5.91 Å². The lowest BCUT2D eigenvalue weighted by Gasteiger charge is -2.34. The Balaban J connectivity index is 1.58. The van der Waals surface area contributed by atoms with Gasteiger partial charge in [-0.25, -0.2) is 0 Å². The van der Waals surface area contributed by atoms with Gasteiger partial charge in [-0.1, -0.05) is 6.92 Å². The maximum atomic E-state index is 12.9. The maximum Gasteiger partial charge on any atom is 0.253 e. The number of hydrogen-bond donors (Lipinski definition) is 2. The van der Waals surface area contributed by atoms with Crippen molar-refractivity contribution in [1.82, 2.24) is 20.1 Å². The number of nitrogens with zero attached hydrogens (tertiary/aromatic N) is 2. The summed E-state index contributed by atoms with van der Waals surface area (Å²) < 4.78 is 0. The van der Waals surface area contributed by atoms with Gasteiger partial charge in [0.15, 0.2) is 0 Å². The molecule has 1 fully saturated rings. The molecule has 0 radical (unpaired) electrons. The molecule has 0 spiro atoms. The smallest absolute Gasteiger partial charge is 0.253 e. The van der Waals surface area contributed by atoms with Crippen LogP contribution in [0.15, 0.2) is 18.2 Å². The number of piperazine rings is 1. The second-order valence-electron chi connectivity index (χ2n) is 7.58. The van der Waals surface area contributed by atoms with Crippen LogP contribution in [0.1, 0.15) is 41.9 Å². The summed E-state index contributed by atoms with van der Waals surface area (Å²) in [4.78, 5) is 32.3. The third kappa shape index (κ3) is 4.33. The first-order valence-corrected chi connectivity index (χ1v) is 9.79. The molecule has 2 heterocycles. The third-order valence-electron chi connectivity index (χ3n) is 5.60. The Labute approximate surface area is 160 Å². The van der Waals surface area contributed by atoms with E-state index in [2.05, 4.69) is 29.0 Å². The van der Waals surface area contributed by atoms with Gasteiger partial charge in [0.05, 0.1) is 6.54 Å². The largest absolute Gasteiger partial charge is 0.358 e. The van der Waals surface area contributed by atoms with Crippen LogP contribution in [0.25, 0.3) is 10.9 Å². The van der Waals surface area contributed by atoms with E-state index in [1.54, 1.807) is 0 Å². The minimum Gasteiger partial charge on any atom is -0.358 e. The van der Waals surface area contributed by atoms with Gasteiger partial charge in [-0.05, 0) is 51.0 Å². The number of amides is 2. The average Bonchev–Trinajstić information content (AvgIpc) is 2.95. The zero-order valence-electron chi connectivity index (χ0n) is 16.8. The zero-order valence-corrected chi connectivity index (χ0v) is 16.8. The van der Waals surface area contributed by atoms with Gasteiger partial charge < -0.3 is 15.2 Å². The minimum absolute atomic E-state index is 0.0629. The molecular formula is C21H30N4O2. The quantitative estimate of drug-likeness (QED) is 0.849. The Morgan fingerprint density at radius 2 is 1.89 bits per heavy atom. The molecule has 6 heteroatoms. The van der Waals surface area contributed by atoms with Crippen molar-refractivity contribution in [2.45, 2.75) is 40.2 Å². The molecule has 1 saturated heterocycles. The highest BCUT2D eigenvalue weighted by Crippen LogP contribution is 2.23. The number of rotatable bonds is 5. The number of aromatic nitrogens is 1. The molecule has 146 valence electrons. The van der Waals surface area contributed by atoms with E-state index >= 15 is 0 Å².